The van der Waals surface area contributed by atoms with Gasteiger partial charge < -0.3 is 9.47 Å². The number of pyridine rings is 1. The van der Waals surface area contributed by atoms with E-state index in [2.05, 4.69) is 16.0 Å². The van der Waals surface area contributed by atoms with Crippen LogP contribution in [0.3, 0.4) is 0 Å². The Labute approximate surface area is 150 Å². The summed E-state index contributed by atoms with van der Waals surface area (Å²) in [6.45, 7) is 0. The van der Waals surface area contributed by atoms with Crippen LogP contribution >= 0.6 is 23.2 Å². The summed E-state index contributed by atoms with van der Waals surface area (Å²) < 4.78 is 2.01. The molecular weight excluding hydrogens is 343 g/mol. The number of imidazole rings is 1. The maximum absolute atomic E-state index is 6.49. The van der Waals surface area contributed by atoms with Gasteiger partial charge in [0.2, 0.25) is 0 Å². The Morgan fingerprint density at radius 1 is 1.04 bits per heavy atom. The Bertz CT molecular complexity index is 902. The number of rotatable bonds is 2. The van der Waals surface area contributed by atoms with Crippen LogP contribution in [0.5, 0.6) is 0 Å². The van der Waals surface area contributed by atoms with Gasteiger partial charge in [0.25, 0.3) is 0 Å². The number of nitrogens with zero attached hydrogens (tertiary/aromatic N) is 4. The summed E-state index contributed by atoms with van der Waals surface area (Å²) >= 11 is 12.7. The minimum atomic E-state index is 0.518. The molecule has 1 aromatic carbocycles. The van der Waals surface area contributed by atoms with Gasteiger partial charge in [-0.15, -0.1) is 0 Å². The molecule has 24 heavy (non-hydrogen) atoms. The molecule has 2 aliphatic heterocycles. The molecule has 0 unspecified atom stereocenters. The number of halogens is 2. The molecule has 2 fully saturated rings. The van der Waals surface area contributed by atoms with Crippen molar-refractivity contribution in [2.24, 2.45) is 0 Å². The number of fused-ring (bicyclic) bond motifs is 3. The molecule has 3 aromatic rings. The van der Waals surface area contributed by atoms with Crippen molar-refractivity contribution in [3.8, 4) is 5.69 Å². The normalized spacial score (nSPS) is 22.7. The first-order valence-corrected chi connectivity index (χ1v) is 9.03. The first kappa shape index (κ1) is 14.6. The van der Waals surface area contributed by atoms with Crippen molar-refractivity contribution in [3.05, 3.63) is 47.0 Å². The maximum Gasteiger partial charge on any atom is 0.131 e. The van der Waals surface area contributed by atoms with Crippen molar-refractivity contribution >= 4 is 39.9 Å². The second-order valence-electron chi connectivity index (χ2n) is 6.60. The van der Waals surface area contributed by atoms with E-state index in [9.17, 15) is 0 Å². The third-order valence-electron chi connectivity index (χ3n) is 5.34. The van der Waals surface area contributed by atoms with Crippen LogP contribution in [0.25, 0.3) is 16.6 Å². The Morgan fingerprint density at radius 2 is 1.79 bits per heavy atom. The highest BCUT2D eigenvalue weighted by Crippen LogP contribution is 2.42. The van der Waals surface area contributed by atoms with Crippen LogP contribution in [-0.4, -0.2) is 26.6 Å². The minimum absolute atomic E-state index is 0.518. The van der Waals surface area contributed by atoms with Gasteiger partial charge in [-0.05, 0) is 37.8 Å². The molecule has 0 aliphatic carbocycles. The topological polar surface area (TPSA) is 34.0 Å². The van der Waals surface area contributed by atoms with Gasteiger partial charge in [0.05, 0.1) is 27.6 Å². The van der Waals surface area contributed by atoms with E-state index in [1.807, 2.05) is 22.9 Å². The second kappa shape index (κ2) is 5.36. The van der Waals surface area contributed by atoms with Gasteiger partial charge in [-0.2, -0.15) is 0 Å². The van der Waals surface area contributed by atoms with Crippen molar-refractivity contribution in [1.82, 2.24) is 14.5 Å². The first-order chi connectivity index (χ1) is 11.7. The summed E-state index contributed by atoms with van der Waals surface area (Å²) in [5, 5.41) is 2.04. The molecular formula is C18H16Cl2N4. The zero-order valence-corrected chi connectivity index (χ0v) is 14.5. The van der Waals surface area contributed by atoms with E-state index < -0.39 is 0 Å². The molecule has 0 radical (unpaired) electrons. The predicted octanol–water partition coefficient (Wildman–Crippen LogP) is 4.86. The van der Waals surface area contributed by atoms with Gasteiger partial charge in [0, 0.05) is 35.9 Å². The smallest absolute Gasteiger partial charge is 0.131 e. The van der Waals surface area contributed by atoms with Gasteiger partial charge in [-0.3, -0.25) is 0 Å². The van der Waals surface area contributed by atoms with Crippen LogP contribution in [0.1, 0.15) is 25.7 Å². The van der Waals surface area contributed by atoms with Crippen LogP contribution in [0.4, 0.5) is 5.82 Å². The molecule has 122 valence electrons. The average Bonchev–Trinajstić information content (AvgIpc) is 3.34. The van der Waals surface area contributed by atoms with Crippen LogP contribution in [0, 0.1) is 0 Å². The SMILES string of the molecule is Clc1ccc2c(-n3ccnc3)cc(N3C4CCC3CC4)nc2c1Cl. The van der Waals surface area contributed by atoms with Crippen LogP contribution < -0.4 is 4.90 Å². The van der Waals surface area contributed by atoms with E-state index in [0.29, 0.717) is 22.1 Å². The standard InChI is InChI=1S/C18H16Cl2N4/c19-14-6-5-13-15(23-8-7-21-10-23)9-16(22-18(13)17(14)20)24-11-1-2-12(24)4-3-11/h5-12H,1-4H2. The molecule has 0 atom stereocenters. The van der Waals surface area contributed by atoms with E-state index in [0.717, 1.165) is 22.4 Å². The molecule has 2 saturated heterocycles. The molecule has 2 bridgehead atoms. The lowest BCUT2D eigenvalue weighted by Gasteiger charge is -2.25. The molecule has 4 nitrogen and oxygen atoms in total. The molecule has 0 saturated carbocycles. The lowest BCUT2D eigenvalue weighted by molar-refractivity contribution is 0.576. The van der Waals surface area contributed by atoms with Crippen molar-refractivity contribution in [3.63, 3.8) is 0 Å². The maximum atomic E-state index is 6.49. The first-order valence-electron chi connectivity index (χ1n) is 8.28. The summed E-state index contributed by atoms with van der Waals surface area (Å²) in [6, 6.07) is 7.18. The fourth-order valence-corrected chi connectivity index (χ4v) is 4.60. The predicted molar refractivity (Wildman–Crippen MR) is 97.4 cm³/mol. The Hall–Kier alpha value is -1.78. The van der Waals surface area contributed by atoms with Crippen LogP contribution in [0.2, 0.25) is 10.0 Å². The lowest BCUT2D eigenvalue weighted by Crippen LogP contribution is -2.29. The van der Waals surface area contributed by atoms with Gasteiger partial charge in [-0.1, -0.05) is 23.2 Å². The fourth-order valence-electron chi connectivity index (χ4n) is 4.24. The highest BCUT2D eigenvalue weighted by atomic mass is 35.5. The highest BCUT2D eigenvalue weighted by Gasteiger charge is 2.40. The van der Waals surface area contributed by atoms with Gasteiger partial charge in [0.1, 0.15) is 5.82 Å². The van der Waals surface area contributed by atoms with Crippen molar-refractivity contribution in [2.45, 2.75) is 37.8 Å². The highest BCUT2D eigenvalue weighted by molar-refractivity contribution is 6.45. The summed E-state index contributed by atoms with van der Waals surface area (Å²) in [4.78, 5) is 11.6. The Morgan fingerprint density at radius 3 is 2.46 bits per heavy atom. The third kappa shape index (κ3) is 2.06. The molecule has 2 aliphatic rings. The molecule has 4 heterocycles. The van der Waals surface area contributed by atoms with Gasteiger partial charge >= 0.3 is 0 Å². The molecule has 2 aromatic heterocycles. The zero-order valence-electron chi connectivity index (χ0n) is 13.0. The van der Waals surface area contributed by atoms with Crippen molar-refractivity contribution in [1.29, 1.82) is 0 Å². The largest absolute Gasteiger partial charge is 0.351 e. The monoisotopic (exact) mass is 358 g/mol. The van der Waals surface area contributed by atoms with E-state index in [4.69, 9.17) is 28.2 Å². The zero-order chi connectivity index (χ0) is 16.3. The van der Waals surface area contributed by atoms with Crippen molar-refractivity contribution < 1.29 is 0 Å². The molecule has 5 rings (SSSR count). The second-order valence-corrected chi connectivity index (χ2v) is 7.38. The molecule has 6 heteroatoms. The van der Waals surface area contributed by atoms with Crippen LogP contribution in [-0.2, 0) is 0 Å². The number of anilines is 1. The Kier molecular flexibility index (Phi) is 3.25. The number of aromatic nitrogens is 3. The summed E-state index contributed by atoms with van der Waals surface area (Å²) in [5.41, 5.74) is 1.80. The number of benzene rings is 1. The lowest BCUT2D eigenvalue weighted by atomic mass is 10.0. The number of hydrogen-bond donors (Lipinski definition) is 0. The minimum Gasteiger partial charge on any atom is -0.351 e. The molecule has 0 N–H and O–H groups in total. The fraction of sp³-hybridized carbons (Fsp3) is 0.333. The number of hydrogen-bond acceptors (Lipinski definition) is 3. The van der Waals surface area contributed by atoms with Crippen LogP contribution in [0.15, 0.2) is 36.9 Å². The van der Waals surface area contributed by atoms with Gasteiger partial charge in [0.15, 0.2) is 0 Å². The summed E-state index contributed by atoms with van der Waals surface area (Å²) in [5.74, 6) is 1.00. The Balaban J connectivity index is 1.78. The van der Waals surface area contributed by atoms with E-state index >= 15 is 0 Å². The summed E-state index contributed by atoms with van der Waals surface area (Å²) in [7, 11) is 0. The van der Waals surface area contributed by atoms with E-state index in [-0.39, 0.29) is 0 Å². The van der Waals surface area contributed by atoms with E-state index in [1.54, 1.807) is 12.5 Å². The third-order valence-corrected chi connectivity index (χ3v) is 6.13. The summed E-state index contributed by atoms with van der Waals surface area (Å²) in [6.07, 6.45) is 10.6. The average molecular weight is 359 g/mol. The van der Waals surface area contributed by atoms with Crippen molar-refractivity contribution in [2.75, 3.05) is 4.90 Å². The van der Waals surface area contributed by atoms with E-state index in [1.165, 1.54) is 25.7 Å². The molecule has 0 spiro atoms. The quantitative estimate of drug-likeness (QED) is 0.655. The van der Waals surface area contributed by atoms with Gasteiger partial charge in [-0.25, -0.2) is 9.97 Å². The molecule has 0 amide bonds.